The van der Waals surface area contributed by atoms with E-state index in [2.05, 4.69) is 11.1 Å². The van der Waals surface area contributed by atoms with E-state index in [9.17, 15) is 4.79 Å². The third-order valence-corrected chi connectivity index (χ3v) is 4.73. The van der Waals surface area contributed by atoms with Gasteiger partial charge in [-0.05, 0) is 36.0 Å². The van der Waals surface area contributed by atoms with E-state index in [1.807, 2.05) is 22.9 Å². The van der Waals surface area contributed by atoms with E-state index in [0.29, 0.717) is 5.92 Å². The molecule has 1 aliphatic carbocycles. The first-order valence-electron chi connectivity index (χ1n) is 7.51. The Morgan fingerprint density at radius 3 is 2.76 bits per heavy atom. The number of hydrogen-bond acceptors (Lipinski definition) is 2. The van der Waals surface area contributed by atoms with Crippen LogP contribution in [0.15, 0.2) is 36.9 Å². The van der Waals surface area contributed by atoms with Crippen LogP contribution in [0.25, 0.3) is 0 Å². The lowest BCUT2D eigenvalue weighted by Crippen LogP contribution is -2.12. The van der Waals surface area contributed by atoms with Crippen LogP contribution >= 0.6 is 11.6 Å². The van der Waals surface area contributed by atoms with Gasteiger partial charge in [0.2, 0.25) is 0 Å². The first-order valence-corrected chi connectivity index (χ1v) is 7.89. The van der Waals surface area contributed by atoms with Gasteiger partial charge in [0.15, 0.2) is 0 Å². The van der Waals surface area contributed by atoms with Gasteiger partial charge in [-0.15, -0.1) is 0 Å². The Morgan fingerprint density at radius 2 is 2.10 bits per heavy atom. The number of aldehydes is 1. The van der Waals surface area contributed by atoms with Crippen molar-refractivity contribution >= 4 is 17.9 Å². The summed E-state index contributed by atoms with van der Waals surface area (Å²) in [6.45, 7) is 0. The van der Waals surface area contributed by atoms with E-state index in [-0.39, 0.29) is 6.04 Å². The largest absolute Gasteiger partial charge is 0.323 e. The smallest absolute Gasteiger partial charge is 0.147 e. The van der Waals surface area contributed by atoms with Crippen molar-refractivity contribution in [2.24, 2.45) is 0 Å². The third kappa shape index (κ3) is 3.03. The molecule has 3 nitrogen and oxygen atoms in total. The fourth-order valence-corrected chi connectivity index (χ4v) is 3.50. The monoisotopic (exact) mass is 302 g/mol. The number of carbonyl (C=O) groups is 1. The SMILES string of the molecule is O=CC(c1ccc(Cl)c(C2CCCCC2)c1)n1ccnc1. The molecule has 0 radical (unpaired) electrons. The molecule has 0 bridgehead atoms. The molecule has 1 heterocycles. The van der Waals surface area contributed by atoms with Gasteiger partial charge in [-0.2, -0.15) is 0 Å². The molecular weight excluding hydrogens is 284 g/mol. The van der Waals surface area contributed by atoms with Crippen molar-refractivity contribution in [1.82, 2.24) is 9.55 Å². The van der Waals surface area contributed by atoms with Crippen molar-refractivity contribution in [1.29, 1.82) is 0 Å². The second-order valence-corrected chi connectivity index (χ2v) is 6.11. The molecule has 1 fully saturated rings. The number of hydrogen-bond donors (Lipinski definition) is 0. The summed E-state index contributed by atoms with van der Waals surface area (Å²) in [5.41, 5.74) is 2.17. The van der Waals surface area contributed by atoms with E-state index in [1.54, 1.807) is 12.5 Å². The summed E-state index contributed by atoms with van der Waals surface area (Å²) in [4.78, 5) is 15.5. The molecule has 3 rings (SSSR count). The average molecular weight is 303 g/mol. The second kappa shape index (κ2) is 6.44. The lowest BCUT2D eigenvalue weighted by molar-refractivity contribution is -0.109. The zero-order valence-electron chi connectivity index (χ0n) is 11.9. The van der Waals surface area contributed by atoms with E-state index in [4.69, 9.17) is 11.6 Å². The lowest BCUT2D eigenvalue weighted by atomic mass is 9.83. The molecule has 21 heavy (non-hydrogen) atoms. The highest BCUT2D eigenvalue weighted by atomic mass is 35.5. The molecule has 1 aromatic heterocycles. The van der Waals surface area contributed by atoms with Crippen LogP contribution in [0.5, 0.6) is 0 Å². The van der Waals surface area contributed by atoms with Crippen molar-refractivity contribution in [3.8, 4) is 0 Å². The number of aromatic nitrogens is 2. The maximum atomic E-state index is 11.5. The quantitative estimate of drug-likeness (QED) is 0.786. The van der Waals surface area contributed by atoms with Crippen LogP contribution < -0.4 is 0 Å². The number of rotatable bonds is 4. The molecule has 1 atom stereocenters. The summed E-state index contributed by atoms with van der Waals surface area (Å²) >= 11 is 6.39. The molecule has 2 aromatic rings. The summed E-state index contributed by atoms with van der Waals surface area (Å²) in [5.74, 6) is 0.529. The molecule has 4 heteroatoms. The maximum Gasteiger partial charge on any atom is 0.147 e. The minimum Gasteiger partial charge on any atom is -0.323 e. The van der Waals surface area contributed by atoms with Gasteiger partial charge in [0.05, 0.1) is 6.33 Å². The van der Waals surface area contributed by atoms with Crippen molar-refractivity contribution in [2.45, 2.75) is 44.1 Å². The predicted molar refractivity (Wildman–Crippen MR) is 83.7 cm³/mol. The lowest BCUT2D eigenvalue weighted by Gasteiger charge is -2.24. The summed E-state index contributed by atoms with van der Waals surface area (Å²) in [6.07, 6.45) is 12.4. The van der Waals surface area contributed by atoms with Crippen LogP contribution in [-0.4, -0.2) is 15.8 Å². The van der Waals surface area contributed by atoms with Crippen molar-refractivity contribution < 1.29 is 4.79 Å². The third-order valence-electron chi connectivity index (χ3n) is 4.38. The van der Waals surface area contributed by atoms with Gasteiger partial charge in [-0.25, -0.2) is 4.98 Å². The molecule has 0 N–H and O–H groups in total. The highest BCUT2D eigenvalue weighted by Gasteiger charge is 2.20. The predicted octanol–water partition coefficient (Wildman–Crippen LogP) is 4.37. The Bertz CT molecular complexity index is 603. The number of halogens is 1. The molecular formula is C17H19ClN2O. The number of nitrogens with zero attached hydrogens (tertiary/aromatic N) is 2. The highest BCUT2D eigenvalue weighted by molar-refractivity contribution is 6.31. The van der Waals surface area contributed by atoms with Gasteiger partial charge in [-0.3, -0.25) is 0 Å². The van der Waals surface area contributed by atoms with Crippen molar-refractivity contribution in [2.75, 3.05) is 0 Å². The summed E-state index contributed by atoms with van der Waals surface area (Å²) < 4.78 is 1.82. The normalized spacial score (nSPS) is 17.6. The van der Waals surface area contributed by atoms with Gasteiger partial charge in [0, 0.05) is 17.4 Å². The Kier molecular flexibility index (Phi) is 4.39. The van der Waals surface area contributed by atoms with Gasteiger partial charge < -0.3 is 9.36 Å². The minimum atomic E-state index is -0.327. The Labute approximate surface area is 130 Å². The Hall–Kier alpha value is -1.61. The summed E-state index contributed by atoms with van der Waals surface area (Å²) in [6, 6.07) is 5.64. The van der Waals surface area contributed by atoms with Crippen LogP contribution in [0.1, 0.15) is 55.2 Å². The van der Waals surface area contributed by atoms with Crippen LogP contribution in [0.3, 0.4) is 0 Å². The van der Waals surface area contributed by atoms with Gasteiger partial charge >= 0.3 is 0 Å². The van der Waals surface area contributed by atoms with Crippen molar-refractivity contribution in [3.63, 3.8) is 0 Å². The molecule has 1 unspecified atom stereocenters. The zero-order chi connectivity index (χ0) is 14.7. The molecule has 0 amide bonds. The fourth-order valence-electron chi connectivity index (χ4n) is 3.23. The van der Waals surface area contributed by atoms with E-state index < -0.39 is 0 Å². The number of benzene rings is 1. The number of carbonyl (C=O) groups excluding carboxylic acids is 1. The number of imidazole rings is 1. The molecule has 1 aromatic carbocycles. The summed E-state index contributed by atoms with van der Waals surface area (Å²) in [7, 11) is 0. The zero-order valence-corrected chi connectivity index (χ0v) is 12.7. The first kappa shape index (κ1) is 14.3. The highest BCUT2D eigenvalue weighted by Crippen LogP contribution is 2.37. The Morgan fingerprint density at radius 1 is 1.29 bits per heavy atom. The van der Waals surface area contributed by atoms with Gasteiger partial charge in [0.1, 0.15) is 12.3 Å². The maximum absolute atomic E-state index is 11.5. The van der Waals surface area contributed by atoms with Gasteiger partial charge in [0.25, 0.3) is 0 Å². The van der Waals surface area contributed by atoms with Crippen molar-refractivity contribution in [3.05, 3.63) is 53.1 Å². The van der Waals surface area contributed by atoms with E-state index >= 15 is 0 Å². The average Bonchev–Trinajstić information content (AvgIpc) is 3.04. The molecule has 0 aliphatic heterocycles. The standard InChI is InChI=1S/C17H19ClN2O/c18-16-7-6-14(17(11-21)20-9-8-19-12-20)10-15(16)13-4-2-1-3-5-13/h6-13,17H,1-5H2. The molecule has 1 aliphatic rings. The molecule has 0 spiro atoms. The van der Waals surface area contributed by atoms with Gasteiger partial charge in [-0.1, -0.05) is 43.0 Å². The van der Waals surface area contributed by atoms with Crippen LogP contribution in [0.4, 0.5) is 0 Å². The fraction of sp³-hybridized carbons (Fsp3) is 0.412. The first-order chi connectivity index (χ1) is 10.3. The Balaban J connectivity index is 1.94. The molecule has 1 saturated carbocycles. The van der Waals surface area contributed by atoms with E-state index in [0.717, 1.165) is 16.9 Å². The minimum absolute atomic E-state index is 0.327. The van der Waals surface area contributed by atoms with E-state index in [1.165, 1.54) is 37.7 Å². The van der Waals surface area contributed by atoms with Crippen LogP contribution in [-0.2, 0) is 4.79 Å². The second-order valence-electron chi connectivity index (χ2n) is 5.71. The molecule has 0 saturated heterocycles. The topological polar surface area (TPSA) is 34.9 Å². The summed E-state index contributed by atoms with van der Waals surface area (Å²) in [5, 5.41) is 0.820. The molecule has 110 valence electrons. The van der Waals surface area contributed by atoms with Crippen LogP contribution in [0.2, 0.25) is 5.02 Å². The van der Waals surface area contributed by atoms with Crippen LogP contribution in [0, 0.1) is 0 Å².